The zero-order valence-electron chi connectivity index (χ0n) is 17.8. The summed E-state index contributed by atoms with van der Waals surface area (Å²) in [7, 11) is 0. The van der Waals surface area contributed by atoms with E-state index < -0.39 is 0 Å². The summed E-state index contributed by atoms with van der Waals surface area (Å²) in [5, 5.41) is 14.4. The van der Waals surface area contributed by atoms with Crippen molar-refractivity contribution in [1.82, 2.24) is 15.3 Å². The molecule has 2 N–H and O–H groups in total. The van der Waals surface area contributed by atoms with Crippen molar-refractivity contribution in [2.75, 3.05) is 24.5 Å². The number of aromatic nitrogens is 2. The molecule has 1 saturated heterocycles. The molecule has 4 rings (SSSR count). The average Bonchev–Trinajstić information content (AvgIpc) is 2.80. The molecular weight excluding hydrogens is 392 g/mol. The molecule has 7 heteroatoms. The van der Waals surface area contributed by atoms with Gasteiger partial charge in [-0.3, -0.25) is 4.90 Å². The molecule has 1 aliphatic heterocycles. The fourth-order valence-electron chi connectivity index (χ4n) is 3.77. The summed E-state index contributed by atoms with van der Waals surface area (Å²) in [4.78, 5) is 24.3. The Labute approximate surface area is 182 Å². The predicted octanol–water partition coefficient (Wildman–Crippen LogP) is 4.50. The van der Waals surface area contributed by atoms with Gasteiger partial charge in [-0.15, -0.1) is 0 Å². The number of phenolic OH excluding ortho intramolecular Hbond substituents is 1. The molecule has 2 heterocycles. The van der Waals surface area contributed by atoms with E-state index in [2.05, 4.69) is 17.2 Å². The Balaban J connectivity index is 1.77. The van der Waals surface area contributed by atoms with Gasteiger partial charge in [-0.25, -0.2) is 14.8 Å². The van der Waals surface area contributed by atoms with Gasteiger partial charge < -0.3 is 15.2 Å². The van der Waals surface area contributed by atoms with Crippen LogP contribution >= 0.6 is 0 Å². The third-order valence-electron chi connectivity index (χ3n) is 5.49. The first-order valence-corrected chi connectivity index (χ1v) is 10.9. The zero-order chi connectivity index (χ0) is 21.6. The van der Waals surface area contributed by atoms with E-state index in [0.29, 0.717) is 29.3 Å². The number of hydrogen-bond acceptors (Lipinski definition) is 6. The number of amides is 1. The summed E-state index contributed by atoms with van der Waals surface area (Å²) in [6.07, 6.45) is 2.90. The highest BCUT2D eigenvalue weighted by atomic mass is 16.6. The smallest absolute Gasteiger partial charge is 0.415 e. The minimum absolute atomic E-state index is 0.0939. The molecule has 0 saturated carbocycles. The second-order valence-corrected chi connectivity index (χ2v) is 7.74. The molecule has 2 aromatic carbocycles. The Morgan fingerprint density at radius 3 is 2.65 bits per heavy atom. The van der Waals surface area contributed by atoms with E-state index in [0.717, 1.165) is 44.2 Å². The molecule has 1 amide bonds. The van der Waals surface area contributed by atoms with Crippen LogP contribution in [0, 0.1) is 0 Å². The number of nitrogens with one attached hydrogen (secondary N) is 1. The van der Waals surface area contributed by atoms with Gasteiger partial charge in [-0.05, 0) is 56.6 Å². The van der Waals surface area contributed by atoms with Gasteiger partial charge in [0.1, 0.15) is 17.7 Å². The lowest BCUT2D eigenvalue weighted by atomic mass is 10.1. The number of anilines is 1. The quantitative estimate of drug-likeness (QED) is 0.611. The third kappa shape index (κ3) is 4.77. The molecule has 7 nitrogen and oxygen atoms in total. The minimum atomic E-state index is -0.382. The van der Waals surface area contributed by atoms with Crippen LogP contribution in [0.5, 0.6) is 5.75 Å². The van der Waals surface area contributed by atoms with Crippen LogP contribution in [0.2, 0.25) is 0 Å². The van der Waals surface area contributed by atoms with Crippen molar-refractivity contribution in [3.05, 3.63) is 48.5 Å². The summed E-state index contributed by atoms with van der Waals surface area (Å²) in [5.74, 6) is 0.986. The zero-order valence-corrected chi connectivity index (χ0v) is 17.8. The lowest BCUT2D eigenvalue weighted by Crippen LogP contribution is -2.39. The van der Waals surface area contributed by atoms with Crippen LogP contribution in [0.3, 0.4) is 0 Å². The number of piperidine rings is 1. The van der Waals surface area contributed by atoms with E-state index in [9.17, 15) is 9.90 Å². The van der Waals surface area contributed by atoms with E-state index in [1.54, 1.807) is 23.1 Å². The molecular formula is C24H28N4O3. The highest BCUT2D eigenvalue weighted by molar-refractivity contribution is 5.99. The normalized spacial score (nSPS) is 14.5. The number of phenols is 1. The van der Waals surface area contributed by atoms with Crippen molar-refractivity contribution in [3.63, 3.8) is 0 Å². The van der Waals surface area contributed by atoms with Crippen molar-refractivity contribution in [3.8, 4) is 17.1 Å². The Morgan fingerprint density at radius 2 is 1.87 bits per heavy atom. The van der Waals surface area contributed by atoms with E-state index >= 15 is 0 Å². The second kappa shape index (κ2) is 9.75. The van der Waals surface area contributed by atoms with Gasteiger partial charge in [-0.1, -0.05) is 37.6 Å². The first-order chi connectivity index (χ1) is 15.2. The lowest BCUT2D eigenvalue weighted by Gasteiger charge is -2.28. The monoisotopic (exact) mass is 420 g/mol. The molecule has 0 radical (unpaired) electrons. The number of hydrogen-bond donors (Lipinski definition) is 2. The Bertz CT molecular complexity index is 1050. The van der Waals surface area contributed by atoms with Crippen molar-refractivity contribution in [2.45, 2.75) is 38.7 Å². The number of carbonyl (C=O) groups excluding carboxylic acids is 1. The van der Waals surface area contributed by atoms with Crippen molar-refractivity contribution >= 4 is 22.8 Å². The Morgan fingerprint density at radius 1 is 1.13 bits per heavy atom. The van der Waals surface area contributed by atoms with E-state index in [1.807, 2.05) is 30.3 Å². The summed E-state index contributed by atoms with van der Waals surface area (Å²) < 4.78 is 5.86. The fourth-order valence-corrected chi connectivity index (χ4v) is 3.77. The van der Waals surface area contributed by atoms with E-state index in [4.69, 9.17) is 9.72 Å². The van der Waals surface area contributed by atoms with Crippen LogP contribution in [-0.4, -0.2) is 46.9 Å². The van der Waals surface area contributed by atoms with Gasteiger partial charge >= 0.3 is 6.09 Å². The summed E-state index contributed by atoms with van der Waals surface area (Å²) in [6.45, 7) is 4.28. The fraction of sp³-hybridized carbons (Fsp3) is 0.375. The maximum absolute atomic E-state index is 13.2. The summed E-state index contributed by atoms with van der Waals surface area (Å²) >= 11 is 0. The highest BCUT2D eigenvalue weighted by Gasteiger charge is 2.26. The van der Waals surface area contributed by atoms with Crippen LogP contribution in [-0.2, 0) is 4.74 Å². The van der Waals surface area contributed by atoms with E-state index in [-0.39, 0.29) is 17.9 Å². The lowest BCUT2D eigenvalue weighted by molar-refractivity contribution is 0.0849. The van der Waals surface area contributed by atoms with Gasteiger partial charge in [0, 0.05) is 11.9 Å². The molecule has 0 aliphatic carbocycles. The van der Waals surface area contributed by atoms with Gasteiger partial charge in [-0.2, -0.15) is 0 Å². The Kier molecular flexibility index (Phi) is 6.62. The standard InChI is InChI=1S/C24H28N4O3/c1-2-3-16-28(24(30)31-17-12-14-25-15-13-17)23-18-8-4-6-10-20(18)26-22(27-23)19-9-5-7-11-21(19)29/h4-11,17,25,29H,2-3,12-16H2,1H3. The molecule has 0 bridgehead atoms. The van der Waals surface area contributed by atoms with Crippen molar-refractivity contribution < 1.29 is 14.6 Å². The highest BCUT2D eigenvalue weighted by Crippen LogP contribution is 2.32. The number of unbranched alkanes of at least 4 members (excludes halogenated alkanes) is 1. The Hall–Kier alpha value is -3.19. The van der Waals surface area contributed by atoms with Gasteiger partial charge in [0.25, 0.3) is 0 Å². The van der Waals surface area contributed by atoms with Gasteiger partial charge in [0.05, 0.1) is 11.1 Å². The molecule has 1 aromatic heterocycles. The number of carbonyl (C=O) groups is 1. The summed E-state index contributed by atoms with van der Waals surface area (Å²) in [6, 6.07) is 14.6. The number of fused-ring (bicyclic) bond motifs is 1. The first kappa shape index (κ1) is 21.1. The van der Waals surface area contributed by atoms with Gasteiger partial charge in [0.2, 0.25) is 0 Å². The predicted molar refractivity (Wildman–Crippen MR) is 121 cm³/mol. The van der Waals surface area contributed by atoms with Crippen molar-refractivity contribution in [1.29, 1.82) is 0 Å². The molecule has 162 valence electrons. The number of benzene rings is 2. The second-order valence-electron chi connectivity index (χ2n) is 7.74. The third-order valence-corrected chi connectivity index (χ3v) is 5.49. The van der Waals surface area contributed by atoms with Crippen LogP contribution in [0.25, 0.3) is 22.3 Å². The topological polar surface area (TPSA) is 87.6 Å². The number of nitrogens with zero attached hydrogens (tertiary/aromatic N) is 3. The molecule has 0 atom stereocenters. The van der Waals surface area contributed by atoms with Crippen molar-refractivity contribution in [2.24, 2.45) is 0 Å². The average molecular weight is 421 g/mol. The minimum Gasteiger partial charge on any atom is -0.507 e. The SMILES string of the molecule is CCCCN(C(=O)OC1CCNCC1)c1nc(-c2ccccc2O)nc2ccccc12. The molecule has 31 heavy (non-hydrogen) atoms. The molecule has 1 fully saturated rings. The molecule has 0 unspecified atom stereocenters. The largest absolute Gasteiger partial charge is 0.507 e. The molecule has 1 aliphatic rings. The van der Waals surface area contributed by atoms with Crippen LogP contribution < -0.4 is 10.2 Å². The summed E-state index contributed by atoms with van der Waals surface area (Å²) in [5.41, 5.74) is 1.23. The maximum atomic E-state index is 13.2. The number of rotatable bonds is 6. The molecule has 3 aromatic rings. The first-order valence-electron chi connectivity index (χ1n) is 10.9. The number of para-hydroxylation sites is 2. The number of aromatic hydroxyl groups is 1. The maximum Gasteiger partial charge on any atom is 0.415 e. The number of ether oxygens (including phenoxy) is 1. The molecule has 0 spiro atoms. The van der Waals surface area contributed by atoms with E-state index in [1.165, 1.54) is 0 Å². The van der Waals surface area contributed by atoms with Crippen LogP contribution in [0.4, 0.5) is 10.6 Å². The van der Waals surface area contributed by atoms with Crippen LogP contribution in [0.1, 0.15) is 32.6 Å². The van der Waals surface area contributed by atoms with Gasteiger partial charge in [0.15, 0.2) is 5.82 Å². The van der Waals surface area contributed by atoms with Crippen LogP contribution in [0.15, 0.2) is 48.5 Å².